The minimum atomic E-state index is -0.823. The van der Waals surface area contributed by atoms with Crippen molar-refractivity contribution in [2.75, 3.05) is 4.90 Å². The number of ketones is 1. The normalized spacial score (nSPS) is 15.9. The molecule has 0 saturated heterocycles. The fourth-order valence-corrected chi connectivity index (χ4v) is 4.41. The van der Waals surface area contributed by atoms with E-state index in [-0.39, 0.29) is 5.57 Å². The number of aryl methyl sites for hydroxylation is 1. The number of aliphatic hydroxyl groups is 1. The van der Waals surface area contributed by atoms with Gasteiger partial charge < -0.3 is 9.84 Å². The molecule has 32 heavy (non-hydrogen) atoms. The fraction of sp³-hybridized carbons (Fsp3) is 0.160. The highest BCUT2D eigenvalue weighted by Gasteiger charge is 2.44. The molecule has 0 fully saturated rings. The molecule has 1 N–H and O–H groups in total. The van der Waals surface area contributed by atoms with Crippen LogP contribution in [0.25, 0.3) is 0 Å². The monoisotopic (exact) mass is 447 g/mol. The van der Waals surface area contributed by atoms with Crippen molar-refractivity contribution in [2.24, 2.45) is 0 Å². The molecule has 1 aliphatic heterocycles. The quantitative estimate of drug-likeness (QED) is 0.326. The second-order valence-corrected chi connectivity index (χ2v) is 8.28. The molecule has 2 aromatic carbocycles. The number of carbonyl (C=O) groups excluding carboxylic acids is 3. The summed E-state index contributed by atoms with van der Waals surface area (Å²) in [6.45, 7) is 3.35. The molecule has 0 radical (unpaired) electrons. The molecule has 6 nitrogen and oxygen atoms in total. The summed E-state index contributed by atoms with van der Waals surface area (Å²) in [4.78, 5) is 39.5. The Hall–Kier alpha value is -3.71. The summed E-state index contributed by atoms with van der Waals surface area (Å²) in [6.07, 6.45) is 0.848. The van der Waals surface area contributed by atoms with E-state index in [9.17, 15) is 19.5 Å². The van der Waals surface area contributed by atoms with Gasteiger partial charge >= 0.3 is 5.97 Å². The van der Waals surface area contributed by atoms with Gasteiger partial charge in [0.2, 0.25) is 5.78 Å². The Morgan fingerprint density at radius 3 is 2.31 bits per heavy atom. The van der Waals surface area contributed by atoms with Gasteiger partial charge in [0.25, 0.3) is 5.91 Å². The van der Waals surface area contributed by atoms with Gasteiger partial charge in [0, 0.05) is 12.6 Å². The maximum Gasteiger partial charge on any atom is 0.308 e. The first kappa shape index (κ1) is 21.5. The van der Waals surface area contributed by atoms with Gasteiger partial charge in [-0.2, -0.15) is 0 Å². The molecular weight excluding hydrogens is 426 g/mol. The topological polar surface area (TPSA) is 83.9 Å². The van der Waals surface area contributed by atoms with Crippen LogP contribution < -0.4 is 9.64 Å². The minimum Gasteiger partial charge on any atom is -0.503 e. The zero-order valence-corrected chi connectivity index (χ0v) is 18.4. The lowest BCUT2D eigenvalue weighted by atomic mass is 9.95. The van der Waals surface area contributed by atoms with Crippen molar-refractivity contribution in [2.45, 2.75) is 26.3 Å². The van der Waals surface area contributed by atoms with Gasteiger partial charge in [-0.1, -0.05) is 37.3 Å². The van der Waals surface area contributed by atoms with Gasteiger partial charge in [-0.3, -0.25) is 19.3 Å². The van der Waals surface area contributed by atoms with E-state index < -0.39 is 29.5 Å². The second-order valence-electron chi connectivity index (χ2n) is 7.33. The van der Waals surface area contributed by atoms with Crippen molar-refractivity contribution in [1.29, 1.82) is 0 Å². The lowest BCUT2D eigenvalue weighted by Gasteiger charge is -2.27. The second kappa shape index (κ2) is 8.80. The van der Waals surface area contributed by atoms with Gasteiger partial charge in [0.15, 0.2) is 5.76 Å². The molecule has 4 rings (SSSR count). The smallest absolute Gasteiger partial charge is 0.308 e. The van der Waals surface area contributed by atoms with Crippen molar-refractivity contribution in [1.82, 2.24) is 0 Å². The first-order valence-corrected chi connectivity index (χ1v) is 11.0. The van der Waals surface area contributed by atoms with Crippen LogP contribution in [0.2, 0.25) is 0 Å². The van der Waals surface area contributed by atoms with Crippen LogP contribution in [0.3, 0.4) is 0 Å². The van der Waals surface area contributed by atoms with Crippen LogP contribution in [0.4, 0.5) is 5.69 Å². The van der Waals surface area contributed by atoms with E-state index in [0.29, 0.717) is 21.9 Å². The highest BCUT2D eigenvalue weighted by Crippen LogP contribution is 2.42. The molecular formula is C25H21NO5S. The highest BCUT2D eigenvalue weighted by molar-refractivity contribution is 7.12. The van der Waals surface area contributed by atoms with Crippen LogP contribution in [-0.2, 0) is 16.0 Å². The van der Waals surface area contributed by atoms with Gasteiger partial charge in [0.1, 0.15) is 5.75 Å². The molecule has 1 unspecified atom stereocenters. The number of esters is 1. The van der Waals surface area contributed by atoms with Gasteiger partial charge in [-0.15, -0.1) is 11.3 Å². The van der Waals surface area contributed by atoms with Gasteiger partial charge in [0.05, 0.1) is 16.5 Å². The van der Waals surface area contributed by atoms with E-state index in [1.807, 2.05) is 31.2 Å². The Kier molecular flexibility index (Phi) is 5.92. The number of anilines is 1. The number of nitrogens with zero attached hydrogens (tertiary/aromatic N) is 1. The molecule has 0 spiro atoms. The lowest BCUT2D eigenvalue weighted by molar-refractivity contribution is -0.131. The number of Topliss-reactive ketones (excluding diaryl/α,β-unsaturated/α-hetero) is 1. The van der Waals surface area contributed by atoms with E-state index in [4.69, 9.17) is 4.74 Å². The molecule has 0 bridgehead atoms. The Labute approximate surface area is 189 Å². The summed E-state index contributed by atoms with van der Waals surface area (Å²) in [7, 11) is 0. The first-order valence-electron chi connectivity index (χ1n) is 10.1. The molecule has 1 atom stereocenters. The molecule has 7 heteroatoms. The molecule has 1 amide bonds. The molecule has 162 valence electrons. The molecule has 0 aliphatic carbocycles. The number of aliphatic hydroxyl groups excluding tert-OH is 1. The van der Waals surface area contributed by atoms with Crippen molar-refractivity contribution < 1.29 is 24.2 Å². The van der Waals surface area contributed by atoms with E-state index >= 15 is 0 Å². The SMILES string of the molecule is CCc1ccc(N2C(=O)C(O)=C(C(=O)c3cccs3)C2c2ccc(OC(C)=O)cc2)cc1. The summed E-state index contributed by atoms with van der Waals surface area (Å²) < 4.78 is 5.10. The third-order valence-electron chi connectivity index (χ3n) is 5.28. The fourth-order valence-electron chi connectivity index (χ4n) is 3.74. The average molecular weight is 448 g/mol. The summed E-state index contributed by atoms with van der Waals surface area (Å²) in [5.41, 5.74) is 2.31. The standard InChI is InChI=1S/C25H21NO5S/c1-3-16-6-10-18(11-7-16)26-22(17-8-12-19(13-9-17)31-15(2)27)21(24(29)25(26)30)23(28)20-5-4-14-32-20/h4-14,22,29H,3H2,1-2H3. The maximum absolute atomic E-state index is 13.3. The van der Waals surface area contributed by atoms with E-state index in [0.717, 1.165) is 12.0 Å². The predicted molar refractivity (Wildman–Crippen MR) is 122 cm³/mol. The molecule has 0 saturated carbocycles. The predicted octanol–water partition coefficient (Wildman–Crippen LogP) is 5.02. The van der Waals surface area contributed by atoms with E-state index in [1.165, 1.54) is 23.2 Å². The number of hydrogen-bond acceptors (Lipinski definition) is 6. The van der Waals surface area contributed by atoms with Crippen LogP contribution in [0.5, 0.6) is 5.75 Å². The largest absolute Gasteiger partial charge is 0.503 e. The molecule has 1 aromatic heterocycles. The van der Waals surface area contributed by atoms with Crippen molar-refractivity contribution >= 4 is 34.7 Å². The summed E-state index contributed by atoms with van der Waals surface area (Å²) in [5.74, 6) is -1.69. The molecule has 2 heterocycles. The highest BCUT2D eigenvalue weighted by atomic mass is 32.1. The zero-order chi connectivity index (χ0) is 22.8. The van der Waals surface area contributed by atoms with Crippen LogP contribution in [0.15, 0.2) is 77.4 Å². The van der Waals surface area contributed by atoms with Crippen LogP contribution in [-0.4, -0.2) is 22.8 Å². The number of ether oxygens (including phenoxy) is 1. The zero-order valence-electron chi connectivity index (χ0n) is 17.6. The van der Waals surface area contributed by atoms with Gasteiger partial charge in [-0.25, -0.2) is 0 Å². The Balaban J connectivity index is 1.81. The van der Waals surface area contributed by atoms with E-state index in [2.05, 4.69) is 0 Å². The Bertz CT molecular complexity index is 1190. The van der Waals surface area contributed by atoms with Gasteiger partial charge in [-0.05, 0) is 53.3 Å². The summed E-state index contributed by atoms with van der Waals surface area (Å²) >= 11 is 1.25. The Morgan fingerprint density at radius 2 is 1.75 bits per heavy atom. The summed E-state index contributed by atoms with van der Waals surface area (Å²) in [5, 5.41) is 12.5. The molecule has 1 aliphatic rings. The first-order chi connectivity index (χ1) is 15.4. The number of thiophene rings is 1. The Morgan fingerprint density at radius 1 is 1.06 bits per heavy atom. The minimum absolute atomic E-state index is 0.0252. The third-order valence-corrected chi connectivity index (χ3v) is 6.15. The molecule has 3 aromatic rings. The number of benzene rings is 2. The van der Waals surface area contributed by atoms with Crippen molar-refractivity contribution in [3.8, 4) is 5.75 Å². The van der Waals surface area contributed by atoms with E-state index in [1.54, 1.807) is 41.8 Å². The van der Waals surface area contributed by atoms with Crippen molar-refractivity contribution in [3.63, 3.8) is 0 Å². The maximum atomic E-state index is 13.3. The average Bonchev–Trinajstić information content (AvgIpc) is 3.41. The van der Waals surface area contributed by atoms with Crippen LogP contribution in [0, 0.1) is 0 Å². The number of hydrogen-bond donors (Lipinski definition) is 1. The lowest BCUT2D eigenvalue weighted by Crippen LogP contribution is -2.31. The number of rotatable bonds is 6. The number of carbonyl (C=O) groups is 3. The van der Waals surface area contributed by atoms with Crippen molar-refractivity contribution in [3.05, 3.63) is 93.4 Å². The number of amides is 1. The van der Waals surface area contributed by atoms with Crippen LogP contribution >= 0.6 is 11.3 Å². The van der Waals surface area contributed by atoms with Crippen LogP contribution in [0.1, 0.15) is 40.7 Å². The third kappa shape index (κ3) is 3.94. The summed E-state index contributed by atoms with van der Waals surface area (Å²) in [6, 6.07) is 16.6.